The minimum atomic E-state index is -0.0721. The van der Waals surface area contributed by atoms with Gasteiger partial charge in [0, 0.05) is 19.1 Å². The lowest BCUT2D eigenvalue weighted by atomic mass is 10.2. The molecule has 1 aromatic heterocycles. The molecule has 0 saturated carbocycles. The summed E-state index contributed by atoms with van der Waals surface area (Å²) in [6.07, 6.45) is 0.996. The first-order chi connectivity index (χ1) is 8.08. The van der Waals surface area contributed by atoms with E-state index in [1.807, 2.05) is 4.90 Å². The Bertz CT molecular complexity index is 402. The van der Waals surface area contributed by atoms with Gasteiger partial charge in [0.1, 0.15) is 5.82 Å². The van der Waals surface area contributed by atoms with E-state index in [-0.39, 0.29) is 17.8 Å². The van der Waals surface area contributed by atoms with Gasteiger partial charge in [-0.2, -0.15) is 0 Å². The van der Waals surface area contributed by atoms with Crippen LogP contribution in [-0.4, -0.2) is 63.6 Å². The number of amides is 1. The number of hydrogen-bond acceptors (Lipinski definition) is 4. The average molecular weight is 237 g/mol. The third kappa shape index (κ3) is 2.63. The molecule has 2 rings (SSSR count). The van der Waals surface area contributed by atoms with Crippen molar-refractivity contribution in [3.8, 4) is 0 Å². The number of carbonyl (C=O) groups excluding carboxylic acids is 1. The van der Waals surface area contributed by atoms with Gasteiger partial charge in [-0.25, -0.2) is 4.98 Å². The first-order valence-electron chi connectivity index (χ1n) is 5.96. The Kier molecular flexibility index (Phi) is 3.42. The second-order valence-corrected chi connectivity index (χ2v) is 4.71. The molecule has 6 heteroatoms. The molecule has 0 bridgehead atoms. The van der Waals surface area contributed by atoms with E-state index in [1.54, 1.807) is 6.92 Å². The summed E-state index contributed by atoms with van der Waals surface area (Å²) in [4.78, 5) is 20.5. The minimum absolute atomic E-state index is 0.0721. The molecular weight excluding hydrogens is 218 g/mol. The molecular formula is C11H19N5O. The number of rotatable bonds is 1. The van der Waals surface area contributed by atoms with E-state index in [0.29, 0.717) is 5.82 Å². The number of likely N-dealkylation sites (N-methyl/N-ethyl adjacent to an activating group) is 1. The molecule has 2 heterocycles. The van der Waals surface area contributed by atoms with Gasteiger partial charge in [-0.3, -0.25) is 9.89 Å². The zero-order valence-corrected chi connectivity index (χ0v) is 10.6. The van der Waals surface area contributed by atoms with E-state index in [4.69, 9.17) is 0 Å². The highest BCUT2D eigenvalue weighted by Gasteiger charge is 2.27. The molecule has 1 aliphatic rings. The third-order valence-electron chi connectivity index (χ3n) is 3.10. The van der Waals surface area contributed by atoms with Crippen LogP contribution >= 0.6 is 0 Å². The normalized spacial score (nSPS) is 22.5. The number of H-pyrrole nitrogens is 1. The van der Waals surface area contributed by atoms with Crippen molar-refractivity contribution in [2.45, 2.75) is 26.3 Å². The Morgan fingerprint density at radius 2 is 2.24 bits per heavy atom. The van der Waals surface area contributed by atoms with Gasteiger partial charge in [0.2, 0.25) is 5.82 Å². The summed E-state index contributed by atoms with van der Waals surface area (Å²) in [6, 6.07) is 0.203. The summed E-state index contributed by atoms with van der Waals surface area (Å²) in [5.74, 6) is 0.879. The predicted molar refractivity (Wildman–Crippen MR) is 63.7 cm³/mol. The average Bonchev–Trinajstić information content (AvgIpc) is 2.62. The number of aromatic nitrogens is 3. The van der Waals surface area contributed by atoms with Crippen LogP contribution < -0.4 is 0 Å². The van der Waals surface area contributed by atoms with Crippen molar-refractivity contribution in [1.29, 1.82) is 0 Å². The third-order valence-corrected chi connectivity index (χ3v) is 3.10. The van der Waals surface area contributed by atoms with Crippen LogP contribution in [0.2, 0.25) is 0 Å². The maximum Gasteiger partial charge on any atom is 0.293 e. The highest BCUT2D eigenvalue weighted by Crippen LogP contribution is 2.11. The lowest BCUT2D eigenvalue weighted by molar-refractivity contribution is 0.0684. The molecule has 0 aromatic carbocycles. The minimum Gasteiger partial charge on any atom is -0.332 e. The standard InChI is InChI=1S/C11H19N5O/c1-8-7-15(3)5-4-6-16(8)11(17)10-12-9(2)13-14-10/h8H,4-7H2,1-3H3,(H,12,13,14). The molecule has 1 amide bonds. The number of aromatic amines is 1. The SMILES string of the molecule is Cc1nc(C(=O)N2CCCN(C)CC2C)n[nH]1. The van der Waals surface area contributed by atoms with Gasteiger partial charge in [-0.1, -0.05) is 0 Å². The molecule has 6 nitrogen and oxygen atoms in total. The Hall–Kier alpha value is -1.43. The second kappa shape index (κ2) is 4.83. The van der Waals surface area contributed by atoms with Crippen LogP contribution in [0, 0.1) is 6.92 Å². The van der Waals surface area contributed by atoms with Crippen molar-refractivity contribution in [3.05, 3.63) is 11.6 Å². The Morgan fingerprint density at radius 1 is 1.47 bits per heavy atom. The summed E-state index contributed by atoms with van der Waals surface area (Å²) in [5.41, 5.74) is 0. The molecule has 94 valence electrons. The topological polar surface area (TPSA) is 65.1 Å². The molecule has 0 radical (unpaired) electrons. The number of aryl methyl sites for hydroxylation is 1. The van der Waals surface area contributed by atoms with Crippen molar-refractivity contribution >= 4 is 5.91 Å². The molecule has 1 N–H and O–H groups in total. The first kappa shape index (κ1) is 12.0. The maximum atomic E-state index is 12.2. The van der Waals surface area contributed by atoms with Gasteiger partial charge in [0.15, 0.2) is 0 Å². The molecule has 17 heavy (non-hydrogen) atoms. The molecule has 1 fully saturated rings. The predicted octanol–water partition coefficient (Wildman–Crippen LogP) is 0.279. The highest BCUT2D eigenvalue weighted by atomic mass is 16.2. The summed E-state index contributed by atoms with van der Waals surface area (Å²) in [7, 11) is 2.08. The number of hydrogen-bond donors (Lipinski definition) is 1. The zero-order chi connectivity index (χ0) is 12.4. The largest absolute Gasteiger partial charge is 0.332 e. The van der Waals surface area contributed by atoms with Crippen molar-refractivity contribution in [2.24, 2.45) is 0 Å². The molecule has 0 aliphatic carbocycles. The van der Waals surface area contributed by atoms with E-state index >= 15 is 0 Å². The molecule has 1 atom stereocenters. The van der Waals surface area contributed by atoms with Crippen molar-refractivity contribution < 1.29 is 4.79 Å². The summed E-state index contributed by atoms with van der Waals surface area (Å²) < 4.78 is 0. The Labute approximate surface area is 101 Å². The maximum absolute atomic E-state index is 12.2. The van der Waals surface area contributed by atoms with E-state index in [9.17, 15) is 4.79 Å². The van der Waals surface area contributed by atoms with Crippen LogP contribution in [-0.2, 0) is 0 Å². The molecule has 1 aliphatic heterocycles. The van der Waals surface area contributed by atoms with Gasteiger partial charge in [-0.05, 0) is 33.9 Å². The van der Waals surface area contributed by atoms with E-state index < -0.39 is 0 Å². The lowest BCUT2D eigenvalue weighted by Gasteiger charge is -2.26. The van der Waals surface area contributed by atoms with Crippen LogP contribution in [0.5, 0.6) is 0 Å². The number of nitrogens with one attached hydrogen (secondary N) is 1. The van der Waals surface area contributed by atoms with E-state index in [2.05, 4.69) is 34.1 Å². The fraction of sp³-hybridized carbons (Fsp3) is 0.727. The smallest absolute Gasteiger partial charge is 0.293 e. The van der Waals surface area contributed by atoms with Crippen molar-refractivity contribution in [3.63, 3.8) is 0 Å². The van der Waals surface area contributed by atoms with Crippen LogP contribution in [0.3, 0.4) is 0 Å². The van der Waals surface area contributed by atoms with E-state index in [0.717, 1.165) is 26.1 Å². The summed E-state index contributed by atoms with van der Waals surface area (Å²) in [5, 5.41) is 6.64. The monoisotopic (exact) mass is 237 g/mol. The van der Waals surface area contributed by atoms with Gasteiger partial charge in [-0.15, -0.1) is 5.10 Å². The molecule has 1 unspecified atom stereocenters. The van der Waals surface area contributed by atoms with Crippen LogP contribution in [0.4, 0.5) is 0 Å². The fourth-order valence-electron chi connectivity index (χ4n) is 2.24. The summed E-state index contributed by atoms with van der Waals surface area (Å²) >= 11 is 0. The van der Waals surface area contributed by atoms with Crippen molar-refractivity contribution in [2.75, 3.05) is 26.7 Å². The highest BCUT2D eigenvalue weighted by molar-refractivity contribution is 5.90. The summed E-state index contributed by atoms with van der Waals surface area (Å²) in [6.45, 7) is 6.57. The molecule has 1 saturated heterocycles. The number of nitrogens with zero attached hydrogens (tertiary/aromatic N) is 4. The second-order valence-electron chi connectivity index (χ2n) is 4.71. The lowest BCUT2D eigenvalue weighted by Crippen LogP contribution is -2.42. The van der Waals surface area contributed by atoms with Gasteiger partial charge in [0.25, 0.3) is 5.91 Å². The van der Waals surface area contributed by atoms with Gasteiger partial charge < -0.3 is 9.80 Å². The van der Waals surface area contributed by atoms with E-state index in [1.165, 1.54) is 0 Å². The Balaban J connectivity index is 2.12. The quantitative estimate of drug-likeness (QED) is 0.762. The van der Waals surface area contributed by atoms with Crippen LogP contribution in [0.15, 0.2) is 0 Å². The van der Waals surface area contributed by atoms with Gasteiger partial charge in [0.05, 0.1) is 0 Å². The van der Waals surface area contributed by atoms with Crippen LogP contribution in [0.1, 0.15) is 29.8 Å². The Morgan fingerprint density at radius 3 is 2.88 bits per heavy atom. The zero-order valence-electron chi connectivity index (χ0n) is 10.6. The fourth-order valence-corrected chi connectivity index (χ4v) is 2.24. The number of carbonyl (C=O) groups is 1. The molecule has 0 spiro atoms. The van der Waals surface area contributed by atoms with Crippen LogP contribution in [0.25, 0.3) is 0 Å². The molecule has 1 aromatic rings. The van der Waals surface area contributed by atoms with Gasteiger partial charge >= 0.3 is 0 Å². The first-order valence-corrected chi connectivity index (χ1v) is 5.96. The van der Waals surface area contributed by atoms with Crippen molar-refractivity contribution in [1.82, 2.24) is 25.0 Å².